The van der Waals surface area contributed by atoms with Crippen LogP contribution in [-0.2, 0) is 6.42 Å². The molecule has 0 bridgehead atoms. The van der Waals surface area contributed by atoms with Gasteiger partial charge in [0.05, 0.1) is 12.8 Å². The maximum absolute atomic E-state index is 11.3. The van der Waals surface area contributed by atoms with Crippen LogP contribution in [0.5, 0.6) is 5.75 Å². The number of fused-ring (bicyclic) bond motifs is 3. The van der Waals surface area contributed by atoms with Crippen molar-refractivity contribution in [2.75, 3.05) is 7.11 Å². The summed E-state index contributed by atoms with van der Waals surface area (Å²) in [5.41, 5.74) is 3.31. The number of ether oxygens (including phenoxy) is 1. The lowest BCUT2D eigenvalue weighted by Crippen LogP contribution is -1.91. The number of hydrogen-bond donors (Lipinski definition) is 0. The highest BCUT2D eigenvalue weighted by Crippen LogP contribution is 2.40. The molecule has 3 rings (SSSR count). The summed E-state index contributed by atoms with van der Waals surface area (Å²) in [5.74, 6) is 0.864. The van der Waals surface area contributed by atoms with Gasteiger partial charge in [0.15, 0.2) is 10.8 Å². The van der Waals surface area contributed by atoms with Crippen LogP contribution in [0.1, 0.15) is 27.2 Å². The molecule has 0 atom stereocenters. The van der Waals surface area contributed by atoms with Crippen LogP contribution in [-0.4, -0.2) is 17.9 Å². The van der Waals surface area contributed by atoms with Crippen molar-refractivity contribution in [3.63, 3.8) is 0 Å². The molecule has 0 aliphatic heterocycles. The minimum absolute atomic E-state index is 0.0360. The molecule has 0 fully saturated rings. The Morgan fingerprint density at radius 2 is 2.29 bits per heavy atom. The van der Waals surface area contributed by atoms with Gasteiger partial charge in [0.1, 0.15) is 5.75 Å². The summed E-state index contributed by atoms with van der Waals surface area (Å²) < 4.78 is 5.22. The van der Waals surface area contributed by atoms with Crippen molar-refractivity contribution in [1.29, 1.82) is 0 Å². The number of hydrogen-bond acceptors (Lipinski definition) is 4. The second-order valence-electron chi connectivity index (χ2n) is 4.05. The third-order valence-corrected chi connectivity index (χ3v) is 4.08. The number of benzene rings is 1. The highest BCUT2D eigenvalue weighted by Gasteiger charge is 2.24. The van der Waals surface area contributed by atoms with Crippen molar-refractivity contribution in [3.05, 3.63) is 33.6 Å². The van der Waals surface area contributed by atoms with Gasteiger partial charge in [-0.05, 0) is 17.7 Å². The summed E-state index contributed by atoms with van der Waals surface area (Å²) in [6.45, 7) is 1.56. The summed E-state index contributed by atoms with van der Waals surface area (Å²) in [6.07, 6.45) is 0.875. The maximum Gasteiger partial charge on any atom is 0.188 e. The third-order valence-electron chi connectivity index (χ3n) is 2.92. The van der Waals surface area contributed by atoms with Crippen LogP contribution in [0.4, 0.5) is 0 Å². The van der Waals surface area contributed by atoms with E-state index in [-0.39, 0.29) is 5.78 Å². The third kappa shape index (κ3) is 1.56. The normalized spacial score (nSPS) is 12.1. The summed E-state index contributed by atoms with van der Waals surface area (Å²) in [7, 11) is 1.65. The van der Waals surface area contributed by atoms with E-state index in [0.717, 1.165) is 23.4 Å². The minimum atomic E-state index is 0.0360. The van der Waals surface area contributed by atoms with Gasteiger partial charge in [-0.25, -0.2) is 4.98 Å². The topological polar surface area (TPSA) is 39.2 Å². The second-order valence-corrected chi connectivity index (χ2v) is 5.13. The molecule has 0 saturated carbocycles. The van der Waals surface area contributed by atoms with Crippen molar-refractivity contribution in [1.82, 2.24) is 4.98 Å². The van der Waals surface area contributed by atoms with E-state index in [9.17, 15) is 4.79 Å². The fourth-order valence-corrected chi connectivity index (χ4v) is 3.06. The van der Waals surface area contributed by atoms with Gasteiger partial charge in [0.25, 0.3) is 0 Å². The van der Waals surface area contributed by atoms with E-state index in [2.05, 4.69) is 11.1 Å². The van der Waals surface area contributed by atoms with Crippen LogP contribution in [0.25, 0.3) is 11.3 Å². The first kappa shape index (κ1) is 10.5. The summed E-state index contributed by atoms with van der Waals surface area (Å²) in [5, 5.41) is 0.600. The minimum Gasteiger partial charge on any atom is -0.497 e. The molecule has 0 saturated heterocycles. The highest BCUT2D eigenvalue weighted by molar-refractivity contribution is 7.14. The van der Waals surface area contributed by atoms with Crippen molar-refractivity contribution >= 4 is 17.1 Å². The van der Waals surface area contributed by atoms with E-state index >= 15 is 0 Å². The molecule has 1 aromatic heterocycles. The molecule has 1 aliphatic rings. The number of thiazole rings is 1. The smallest absolute Gasteiger partial charge is 0.188 e. The molecule has 1 heterocycles. The number of ketones is 1. The molecular formula is C13H11NO2S. The average molecular weight is 245 g/mol. The molecule has 86 valence electrons. The monoisotopic (exact) mass is 245 g/mol. The number of rotatable bonds is 2. The fourth-order valence-electron chi connectivity index (χ4n) is 2.06. The molecule has 1 aromatic carbocycles. The molecule has 2 aromatic rings. The standard InChI is InChI=1S/C13H11NO2S/c1-7(15)13-14-12-10-6-9(16-2)4-3-8(10)5-11(12)17-13/h3-4,6H,5H2,1-2H3. The predicted octanol–water partition coefficient (Wildman–Crippen LogP) is 2.93. The predicted molar refractivity (Wildman–Crippen MR) is 66.9 cm³/mol. The van der Waals surface area contributed by atoms with E-state index < -0.39 is 0 Å². The largest absolute Gasteiger partial charge is 0.497 e. The van der Waals surface area contributed by atoms with Crippen LogP contribution in [0.3, 0.4) is 0 Å². The van der Waals surface area contributed by atoms with E-state index in [1.165, 1.54) is 21.8 Å². The molecule has 0 radical (unpaired) electrons. The molecule has 3 nitrogen and oxygen atoms in total. The molecule has 0 N–H and O–H groups in total. The number of nitrogens with zero attached hydrogens (tertiary/aromatic N) is 1. The molecule has 4 heteroatoms. The van der Waals surface area contributed by atoms with Gasteiger partial charge in [-0.2, -0.15) is 0 Å². The van der Waals surface area contributed by atoms with Crippen LogP contribution in [0.2, 0.25) is 0 Å². The lowest BCUT2D eigenvalue weighted by atomic mass is 10.1. The van der Waals surface area contributed by atoms with Crippen LogP contribution < -0.4 is 4.74 Å². The van der Waals surface area contributed by atoms with Gasteiger partial charge in [0.2, 0.25) is 0 Å². The lowest BCUT2D eigenvalue weighted by molar-refractivity contribution is 0.101. The summed E-state index contributed by atoms with van der Waals surface area (Å²) in [4.78, 5) is 16.9. The number of carbonyl (C=O) groups excluding carboxylic acids is 1. The van der Waals surface area contributed by atoms with Gasteiger partial charge < -0.3 is 4.74 Å². The van der Waals surface area contributed by atoms with E-state index in [4.69, 9.17) is 4.74 Å². The van der Waals surface area contributed by atoms with Crippen LogP contribution in [0.15, 0.2) is 18.2 Å². The summed E-state index contributed by atoms with van der Waals surface area (Å²) in [6, 6.07) is 6.02. The van der Waals surface area contributed by atoms with E-state index in [1.807, 2.05) is 12.1 Å². The first-order chi connectivity index (χ1) is 8.19. The molecule has 0 spiro atoms. The van der Waals surface area contributed by atoms with Crippen molar-refractivity contribution in [2.45, 2.75) is 13.3 Å². The highest BCUT2D eigenvalue weighted by atomic mass is 32.1. The second kappa shape index (κ2) is 3.67. The van der Waals surface area contributed by atoms with Gasteiger partial charge in [-0.3, -0.25) is 4.79 Å². The molecule has 0 amide bonds. The fraction of sp³-hybridized carbons (Fsp3) is 0.231. The van der Waals surface area contributed by atoms with Gasteiger partial charge in [-0.15, -0.1) is 11.3 Å². The number of aromatic nitrogens is 1. The summed E-state index contributed by atoms with van der Waals surface area (Å²) >= 11 is 1.50. The Hall–Kier alpha value is -1.68. The van der Waals surface area contributed by atoms with Crippen molar-refractivity contribution < 1.29 is 9.53 Å². The first-order valence-electron chi connectivity index (χ1n) is 5.37. The SMILES string of the molecule is COc1ccc2c(c1)-c1nc(C(C)=O)sc1C2. The molecule has 17 heavy (non-hydrogen) atoms. The number of carbonyl (C=O) groups is 1. The number of methoxy groups -OCH3 is 1. The Balaban J connectivity index is 2.14. The van der Waals surface area contributed by atoms with Gasteiger partial charge in [-0.1, -0.05) is 6.07 Å². The molecular weight excluding hydrogens is 234 g/mol. The zero-order valence-corrected chi connectivity index (χ0v) is 10.4. The maximum atomic E-state index is 11.3. The Kier molecular flexibility index (Phi) is 2.26. The number of Topliss-reactive ketones (excluding diaryl/α,β-unsaturated/α-hetero) is 1. The first-order valence-corrected chi connectivity index (χ1v) is 6.18. The molecule has 0 unspecified atom stereocenters. The van der Waals surface area contributed by atoms with Crippen molar-refractivity contribution in [3.8, 4) is 17.0 Å². The average Bonchev–Trinajstić information content (AvgIpc) is 2.85. The zero-order chi connectivity index (χ0) is 12.0. The Bertz CT molecular complexity index is 616. The van der Waals surface area contributed by atoms with Crippen molar-refractivity contribution in [2.24, 2.45) is 0 Å². The zero-order valence-electron chi connectivity index (χ0n) is 9.61. The Labute approximate surface area is 103 Å². The molecule has 1 aliphatic carbocycles. The van der Waals surface area contributed by atoms with Gasteiger partial charge >= 0.3 is 0 Å². The van der Waals surface area contributed by atoms with E-state index in [0.29, 0.717) is 5.01 Å². The Morgan fingerprint density at radius 1 is 1.47 bits per heavy atom. The lowest BCUT2D eigenvalue weighted by Gasteiger charge is -2.03. The Morgan fingerprint density at radius 3 is 3.00 bits per heavy atom. The van der Waals surface area contributed by atoms with E-state index in [1.54, 1.807) is 14.0 Å². The van der Waals surface area contributed by atoms with Crippen LogP contribution >= 0.6 is 11.3 Å². The van der Waals surface area contributed by atoms with Crippen LogP contribution in [0, 0.1) is 0 Å². The van der Waals surface area contributed by atoms with Gasteiger partial charge in [0, 0.05) is 23.8 Å². The quantitative estimate of drug-likeness (QED) is 0.652.